The Bertz CT molecular complexity index is 1140. The first-order valence-corrected chi connectivity index (χ1v) is 12.1. The number of fused-ring (bicyclic) bond motifs is 6. The van der Waals surface area contributed by atoms with Gasteiger partial charge in [-0.15, -0.1) is 0 Å². The van der Waals surface area contributed by atoms with Crippen LogP contribution >= 0.6 is 0 Å². The molecule has 0 fully saturated rings. The summed E-state index contributed by atoms with van der Waals surface area (Å²) in [5, 5.41) is 7.61. The molecule has 0 aliphatic rings. The number of rotatable bonds is 0. The van der Waals surface area contributed by atoms with Crippen LogP contribution in [0.2, 0.25) is 0 Å². The van der Waals surface area contributed by atoms with Crippen LogP contribution in [-0.2, 0) is 0 Å². The summed E-state index contributed by atoms with van der Waals surface area (Å²) in [6.07, 6.45) is 0. The Morgan fingerprint density at radius 2 is 0.917 bits per heavy atom. The maximum absolute atomic E-state index is 3.30. The molecule has 0 unspecified atom stereocenters. The summed E-state index contributed by atoms with van der Waals surface area (Å²) in [5.41, 5.74) is 0. The Balaban J connectivity index is 2.53. The molecular weight excluding hydrogens is 690 g/mol. The quantitative estimate of drug-likeness (QED) is 0.146. The van der Waals surface area contributed by atoms with Crippen LogP contribution in [0.1, 0.15) is 0 Å². The van der Waals surface area contributed by atoms with Gasteiger partial charge in [0.1, 0.15) is 0 Å². The molecule has 0 saturated heterocycles. The zero-order valence-corrected chi connectivity index (χ0v) is 22.2. The van der Waals surface area contributed by atoms with E-state index in [1.807, 2.05) is 0 Å². The van der Waals surface area contributed by atoms with E-state index in [4.69, 9.17) is 0 Å². The fourth-order valence-corrected chi connectivity index (χ4v) is 6.89. The van der Waals surface area contributed by atoms with E-state index in [9.17, 15) is 0 Å². The molecule has 0 aromatic heterocycles. The molecule has 114 valence electrons. The molecular formula is C18H6Se6. The van der Waals surface area contributed by atoms with Crippen molar-refractivity contribution in [2.75, 3.05) is 0 Å². The van der Waals surface area contributed by atoms with Crippen LogP contribution in [0.5, 0.6) is 0 Å². The number of hydrogen-bond acceptors (Lipinski definition) is 0. The molecule has 4 aromatic carbocycles. The summed E-state index contributed by atoms with van der Waals surface area (Å²) in [4.78, 5) is 0. The van der Waals surface area contributed by atoms with Crippen LogP contribution in [0, 0.1) is 0 Å². The number of hydrogen-bond donors (Lipinski definition) is 0. The third-order valence-corrected chi connectivity index (χ3v) is 11.8. The van der Waals surface area contributed by atoms with Crippen LogP contribution in [0.25, 0.3) is 32.3 Å². The Morgan fingerprint density at radius 1 is 0.417 bits per heavy atom. The van der Waals surface area contributed by atoms with Crippen molar-refractivity contribution >= 4 is 155 Å². The SMILES string of the molecule is [Se]c1ccc2c3ccccc3c3c([Se])c([Se])c([Se])c([Se])c3c2c1[Se]. The summed E-state index contributed by atoms with van der Waals surface area (Å²) in [5.74, 6) is 0. The van der Waals surface area contributed by atoms with Crippen molar-refractivity contribution < 1.29 is 0 Å². The van der Waals surface area contributed by atoms with Crippen molar-refractivity contribution in [3.8, 4) is 0 Å². The van der Waals surface area contributed by atoms with Crippen LogP contribution < -0.4 is 26.8 Å². The maximum atomic E-state index is 3.30. The summed E-state index contributed by atoms with van der Waals surface area (Å²) in [6.45, 7) is 0. The topological polar surface area (TPSA) is 0 Å². The van der Waals surface area contributed by atoms with E-state index in [1.165, 1.54) is 41.2 Å². The van der Waals surface area contributed by atoms with Crippen LogP contribution in [0.3, 0.4) is 0 Å². The van der Waals surface area contributed by atoms with E-state index in [0.29, 0.717) is 0 Å². The van der Waals surface area contributed by atoms with Gasteiger partial charge < -0.3 is 0 Å². The van der Waals surface area contributed by atoms with Gasteiger partial charge in [0, 0.05) is 0 Å². The molecule has 6 heteroatoms. The van der Waals surface area contributed by atoms with Gasteiger partial charge in [-0.05, 0) is 0 Å². The summed E-state index contributed by atoms with van der Waals surface area (Å²) < 4.78 is 6.93. The van der Waals surface area contributed by atoms with Gasteiger partial charge in [-0.1, -0.05) is 0 Å². The predicted molar refractivity (Wildman–Crippen MR) is 111 cm³/mol. The Morgan fingerprint density at radius 3 is 1.58 bits per heavy atom. The van der Waals surface area contributed by atoms with Crippen molar-refractivity contribution in [1.82, 2.24) is 0 Å². The molecule has 4 rings (SSSR count). The first-order chi connectivity index (χ1) is 11.4. The van der Waals surface area contributed by atoms with Gasteiger partial charge in [0.15, 0.2) is 0 Å². The van der Waals surface area contributed by atoms with Gasteiger partial charge in [-0.25, -0.2) is 0 Å². The molecule has 0 nitrogen and oxygen atoms in total. The van der Waals surface area contributed by atoms with Crippen molar-refractivity contribution in [3.05, 3.63) is 36.4 Å². The van der Waals surface area contributed by atoms with Crippen molar-refractivity contribution in [3.63, 3.8) is 0 Å². The predicted octanol–water partition coefficient (Wildman–Crippen LogP) is -2.09. The van der Waals surface area contributed by atoms with E-state index in [2.05, 4.69) is 132 Å². The summed E-state index contributed by atoms with van der Waals surface area (Å²) in [6, 6.07) is 13.0. The fourth-order valence-electron chi connectivity index (χ4n) is 3.13. The first kappa shape index (κ1) is 18.2. The normalized spacial score (nSPS) is 11.5. The third-order valence-electron chi connectivity index (χ3n) is 4.18. The minimum absolute atomic E-state index is 1.14. The van der Waals surface area contributed by atoms with E-state index in [0.717, 1.165) is 17.8 Å². The molecule has 4 aromatic rings. The molecule has 0 aliphatic heterocycles. The summed E-state index contributed by atoms with van der Waals surface area (Å²) >= 11 is 19.5. The molecule has 0 spiro atoms. The van der Waals surface area contributed by atoms with Gasteiger partial charge in [-0.2, -0.15) is 0 Å². The van der Waals surface area contributed by atoms with E-state index in [-0.39, 0.29) is 0 Å². The number of benzene rings is 4. The van der Waals surface area contributed by atoms with E-state index >= 15 is 0 Å². The minimum atomic E-state index is 1.14. The molecule has 0 N–H and O–H groups in total. The Labute approximate surface area is 189 Å². The van der Waals surface area contributed by atoms with Gasteiger partial charge in [-0.3, -0.25) is 0 Å². The van der Waals surface area contributed by atoms with Gasteiger partial charge >= 0.3 is 192 Å². The van der Waals surface area contributed by atoms with Crippen LogP contribution in [0.15, 0.2) is 36.4 Å². The van der Waals surface area contributed by atoms with Crippen molar-refractivity contribution in [2.24, 2.45) is 0 Å². The molecule has 24 heavy (non-hydrogen) atoms. The Kier molecular flexibility index (Phi) is 5.10. The van der Waals surface area contributed by atoms with E-state index < -0.39 is 0 Å². The fraction of sp³-hybridized carbons (Fsp3) is 0. The van der Waals surface area contributed by atoms with Crippen LogP contribution in [0.4, 0.5) is 0 Å². The molecule has 0 heterocycles. The second-order valence-corrected chi connectivity index (χ2v) is 10.6. The zero-order chi connectivity index (χ0) is 17.2. The average molecular weight is 696 g/mol. The second kappa shape index (κ2) is 6.74. The second-order valence-electron chi connectivity index (χ2n) is 5.43. The monoisotopic (exact) mass is 702 g/mol. The third kappa shape index (κ3) is 2.57. The van der Waals surface area contributed by atoms with Gasteiger partial charge in [0.05, 0.1) is 0 Å². The summed E-state index contributed by atoms with van der Waals surface area (Å²) in [7, 11) is 0. The van der Waals surface area contributed by atoms with Crippen molar-refractivity contribution in [2.45, 2.75) is 0 Å². The molecule has 6 radical (unpaired) electrons. The van der Waals surface area contributed by atoms with Gasteiger partial charge in [0.2, 0.25) is 0 Å². The van der Waals surface area contributed by atoms with E-state index in [1.54, 1.807) is 0 Å². The average Bonchev–Trinajstić information content (AvgIpc) is 2.59. The Hall–Kier alpha value is 0.777. The molecule has 0 aliphatic carbocycles. The van der Waals surface area contributed by atoms with Crippen molar-refractivity contribution in [1.29, 1.82) is 0 Å². The zero-order valence-electron chi connectivity index (χ0n) is 11.9. The van der Waals surface area contributed by atoms with Gasteiger partial charge in [0.25, 0.3) is 0 Å². The molecule has 0 amide bonds. The molecule has 0 atom stereocenters. The van der Waals surface area contributed by atoms with Crippen LogP contribution in [-0.4, -0.2) is 96.1 Å². The first-order valence-electron chi connectivity index (χ1n) is 6.96. The molecule has 0 bridgehead atoms. The molecule has 0 saturated carbocycles. The standard InChI is InChI=1S/C18H6Se6/c19-10-6-5-9-7-3-1-2-4-8(7)12-13(11(9)14(10)20)16(22)18(24)17(23)15(12)21/h1-6H.